The molecule has 0 atom stereocenters. The first-order valence-electron chi connectivity index (χ1n) is 5.61. The van der Waals surface area contributed by atoms with Crippen LogP contribution in [0.3, 0.4) is 0 Å². The number of nitrogens with zero attached hydrogens (tertiary/aromatic N) is 2. The second-order valence-electron chi connectivity index (χ2n) is 4.10. The Morgan fingerprint density at radius 1 is 1.21 bits per heavy atom. The van der Waals surface area contributed by atoms with Crippen LogP contribution < -0.4 is 0 Å². The standard InChI is InChI=1S/C14H9BrN2O2/c15-10-2-1-3-11(7-10)17-8-16-12-5-4-9(14(18)19)6-13(12)17/h1-8H,(H,18,19). The van der Waals surface area contributed by atoms with Crippen molar-refractivity contribution in [1.82, 2.24) is 9.55 Å². The van der Waals surface area contributed by atoms with Gasteiger partial charge in [0, 0.05) is 10.2 Å². The van der Waals surface area contributed by atoms with E-state index < -0.39 is 5.97 Å². The van der Waals surface area contributed by atoms with Crippen molar-refractivity contribution in [1.29, 1.82) is 0 Å². The first-order valence-corrected chi connectivity index (χ1v) is 6.41. The van der Waals surface area contributed by atoms with Gasteiger partial charge in [-0.05, 0) is 36.4 Å². The fraction of sp³-hybridized carbons (Fsp3) is 0. The lowest BCUT2D eigenvalue weighted by atomic mass is 10.2. The molecule has 0 aliphatic carbocycles. The summed E-state index contributed by atoms with van der Waals surface area (Å²) in [4.78, 5) is 15.3. The minimum atomic E-state index is -0.941. The Hall–Kier alpha value is -2.14. The molecule has 0 radical (unpaired) electrons. The number of hydrogen-bond acceptors (Lipinski definition) is 2. The molecular formula is C14H9BrN2O2. The third-order valence-electron chi connectivity index (χ3n) is 2.88. The molecule has 0 spiro atoms. The van der Waals surface area contributed by atoms with E-state index in [9.17, 15) is 4.79 Å². The molecule has 1 N–H and O–H groups in total. The number of hydrogen-bond donors (Lipinski definition) is 1. The molecule has 3 rings (SSSR count). The van der Waals surface area contributed by atoms with Crippen LogP contribution in [0.15, 0.2) is 53.3 Å². The van der Waals surface area contributed by atoms with Crippen molar-refractivity contribution >= 4 is 32.9 Å². The van der Waals surface area contributed by atoms with Crippen LogP contribution in [0, 0.1) is 0 Å². The summed E-state index contributed by atoms with van der Waals surface area (Å²) in [6, 6.07) is 12.7. The van der Waals surface area contributed by atoms with Gasteiger partial charge in [0.25, 0.3) is 0 Å². The lowest BCUT2D eigenvalue weighted by Gasteiger charge is -2.05. The van der Waals surface area contributed by atoms with Crippen molar-refractivity contribution < 1.29 is 9.90 Å². The van der Waals surface area contributed by atoms with E-state index in [2.05, 4.69) is 20.9 Å². The van der Waals surface area contributed by atoms with Crippen LogP contribution in [-0.4, -0.2) is 20.6 Å². The minimum Gasteiger partial charge on any atom is -0.478 e. The number of aromatic carboxylic acids is 1. The van der Waals surface area contributed by atoms with E-state index >= 15 is 0 Å². The monoisotopic (exact) mass is 316 g/mol. The van der Waals surface area contributed by atoms with Crippen molar-refractivity contribution in [2.45, 2.75) is 0 Å². The van der Waals surface area contributed by atoms with Gasteiger partial charge < -0.3 is 5.11 Å². The van der Waals surface area contributed by atoms with Gasteiger partial charge in [0.2, 0.25) is 0 Å². The Morgan fingerprint density at radius 2 is 2.05 bits per heavy atom. The zero-order chi connectivity index (χ0) is 13.4. The van der Waals surface area contributed by atoms with E-state index in [4.69, 9.17) is 5.11 Å². The number of aromatic nitrogens is 2. The maximum Gasteiger partial charge on any atom is 0.335 e. The summed E-state index contributed by atoms with van der Waals surface area (Å²) in [7, 11) is 0. The smallest absolute Gasteiger partial charge is 0.335 e. The quantitative estimate of drug-likeness (QED) is 0.787. The maximum atomic E-state index is 11.0. The van der Waals surface area contributed by atoms with Crippen molar-refractivity contribution in [2.75, 3.05) is 0 Å². The van der Waals surface area contributed by atoms with E-state index in [0.29, 0.717) is 0 Å². The van der Waals surface area contributed by atoms with Gasteiger partial charge in [-0.25, -0.2) is 9.78 Å². The molecule has 94 valence electrons. The van der Waals surface area contributed by atoms with Crippen molar-refractivity contribution in [3.05, 3.63) is 58.8 Å². The SMILES string of the molecule is O=C(O)c1ccc2ncn(-c3cccc(Br)c3)c2c1. The number of rotatable bonds is 2. The number of imidazole rings is 1. The molecule has 0 unspecified atom stereocenters. The number of carboxylic acid groups (broad SMARTS) is 1. The molecule has 5 heteroatoms. The number of carboxylic acids is 1. The molecule has 1 heterocycles. The zero-order valence-corrected chi connectivity index (χ0v) is 11.3. The molecule has 0 saturated carbocycles. The summed E-state index contributed by atoms with van der Waals surface area (Å²) in [5.41, 5.74) is 2.73. The van der Waals surface area contributed by atoms with Gasteiger partial charge in [-0.15, -0.1) is 0 Å². The summed E-state index contributed by atoms with van der Waals surface area (Å²) in [5, 5.41) is 9.05. The average molecular weight is 317 g/mol. The maximum absolute atomic E-state index is 11.0. The predicted octanol–water partition coefficient (Wildman–Crippen LogP) is 3.49. The lowest BCUT2D eigenvalue weighted by Crippen LogP contribution is -1.97. The third-order valence-corrected chi connectivity index (χ3v) is 3.37. The van der Waals surface area contributed by atoms with E-state index in [1.165, 1.54) is 0 Å². The highest BCUT2D eigenvalue weighted by molar-refractivity contribution is 9.10. The number of carbonyl (C=O) groups is 1. The van der Waals surface area contributed by atoms with Gasteiger partial charge in [-0.1, -0.05) is 22.0 Å². The first kappa shape index (κ1) is 11.9. The molecule has 3 aromatic rings. The third kappa shape index (κ3) is 2.13. The predicted molar refractivity (Wildman–Crippen MR) is 75.7 cm³/mol. The Kier molecular flexibility index (Phi) is 2.83. The van der Waals surface area contributed by atoms with Gasteiger partial charge in [0.05, 0.1) is 16.6 Å². The van der Waals surface area contributed by atoms with Crippen LogP contribution >= 0.6 is 15.9 Å². The average Bonchev–Trinajstić information content (AvgIpc) is 2.81. The largest absolute Gasteiger partial charge is 0.478 e. The molecule has 1 aromatic heterocycles. The van der Waals surface area contributed by atoms with Gasteiger partial charge >= 0.3 is 5.97 Å². The van der Waals surface area contributed by atoms with Gasteiger partial charge in [-0.2, -0.15) is 0 Å². The molecule has 0 aliphatic rings. The summed E-state index contributed by atoms with van der Waals surface area (Å²) in [6.45, 7) is 0. The Labute approximate surface area is 117 Å². The highest BCUT2D eigenvalue weighted by Gasteiger charge is 2.09. The van der Waals surface area contributed by atoms with Crippen LogP contribution in [0.2, 0.25) is 0 Å². The van der Waals surface area contributed by atoms with Crippen molar-refractivity contribution in [3.8, 4) is 5.69 Å². The molecule has 0 amide bonds. The molecule has 19 heavy (non-hydrogen) atoms. The van der Waals surface area contributed by atoms with Crippen LogP contribution in [0.5, 0.6) is 0 Å². The normalized spacial score (nSPS) is 10.8. The summed E-state index contributed by atoms with van der Waals surface area (Å²) in [5.74, 6) is -0.941. The first-order chi connectivity index (χ1) is 9.15. The summed E-state index contributed by atoms with van der Waals surface area (Å²) < 4.78 is 2.83. The van der Waals surface area contributed by atoms with E-state index in [1.54, 1.807) is 24.5 Å². The topological polar surface area (TPSA) is 55.1 Å². The molecule has 2 aromatic carbocycles. The van der Waals surface area contributed by atoms with Crippen LogP contribution in [0.25, 0.3) is 16.7 Å². The second kappa shape index (κ2) is 4.51. The van der Waals surface area contributed by atoms with Crippen molar-refractivity contribution in [2.24, 2.45) is 0 Å². The molecule has 0 bridgehead atoms. The lowest BCUT2D eigenvalue weighted by molar-refractivity contribution is 0.0697. The molecule has 0 fully saturated rings. The van der Waals surface area contributed by atoms with Crippen LogP contribution in [0.4, 0.5) is 0 Å². The highest BCUT2D eigenvalue weighted by Crippen LogP contribution is 2.21. The second-order valence-corrected chi connectivity index (χ2v) is 5.02. The van der Waals surface area contributed by atoms with E-state index in [-0.39, 0.29) is 5.56 Å². The number of halogens is 1. The summed E-state index contributed by atoms with van der Waals surface area (Å²) in [6.07, 6.45) is 1.69. The van der Waals surface area contributed by atoms with Gasteiger partial charge in [0.1, 0.15) is 6.33 Å². The Balaban J connectivity index is 2.24. The van der Waals surface area contributed by atoms with Gasteiger partial charge in [-0.3, -0.25) is 4.57 Å². The minimum absolute atomic E-state index is 0.254. The van der Waals surface area contributed by atoms with Crippen LogP contribution in [-0.2, 0) is 0 Å². The Bertz CT molecular complexity index is 780. The molecule has 4 nitrogen and oxygen atoms in total. The van der Waals surface area contributed by atoms with Gasteiger partial charge in [0.15, 0.2) is 0 Å². The fourth-order valence-electron chi connectivity index (χ4n) is 1.97. The van der Waals surface area contributed by atoms with E-state index in [1.807, 2.05) is 28.8 Å². The van der Waals surface area contributed by atoms with E-state index in [0.717, 1.165) is 21.2 Å². The molecule has 0 saturated heterocycles. The number of benzene rings is 2. The Morgan fingerprint density at radius 3 is 2.79 bits per heavy atom. The van der Waals surface area contributed by atoms with Crippen LogP contribution in [0.1, 0.15) is 10.4 Å². The zero-order valence-electron chi connectivity index (χ0n) is 9.75. The number of fused-ring (bicyclic) bond motifs is 1. The highest BCUT2D eigenvalue weighted by atomic mass is 79.9. The fourth-order valence-corrected chi connectivity index (χ4v) is 2.36. The molecular weight excluding hydrogens is 308 g/mol. The summed E-state index contributed by atoms with van der Waals surface area (Å²) >= 11 is 3.42. The molecule has 0 aliphatic heterocycles. The van der Waals surface area contributed by atoms with Crippen molar-refractivity contribution in [3.63, 3.8) is 0 Å².